The van der Waals surface area contributed by atoms with E-state index in [1.165, 1.54) is 64.2 Å². The maximum absolute atomic E-state index is 14.3. The van der Waals surface area contributed by atoms with Crippen LogP contribution in [0, 0.1) is 27.6 Å². The number of amides is 1. The van der Waals surface area contributed by atoms with Crippen molar-refractivity contribution in [3.05, 3.63) is 34.7 Å². The van der Waals surface area contributed by atoms with E-state index in [0.29, 0.717) is 30.4 Å². The Labute approximate surface area is 199 Å². The van der Waals surface area contributed by atoms with Gasteiger partial charge in [0.2, 0.25) is 5.91 Å². The highest BCUT2D eigenvalue weighted by Gasteiger charge is 2.45. The maximum atomic E-state index is 14.3. The molecule has 33 heavy (non-hydrogen) atoms. The van der Waals surface area contributed by atoms with Gasteiger partial charge >= 0.3 is 0 Å². The van der Waals surface area contributed by atoms with E-state index < -0.39 is 0 Å². The molecule has 0 unspecified atom stereocenters. The minimum Gasteiger partial charge on any atom is -0.296 e. The summed E-state index contributed by atoms with van der Waals surface area (Å²) in [4.78, 5) is 27.1. The van der Waals surface area contributed by atoms with Crippen LogP contribution in [0.4, 0.5) is 5.69 Å². The molecule has 1 amide bonds. The van der Waals surface area contributed by atoms with E-state index in [2.05, 4.69) is 5.18 Å². The van der Waals surface area contributed by atoms with Crippen LogP contribution in [0.2, 0.25) is 0 Å². The van der Waals surface area contributed by atoms with Crippen LogP contribution >= 0.6 is 0 Å². The standard InChI is InChI=1S/C28H41N3O2/c29-26-15-8-17-28(20-23-11-5-2-6-12-23,18-16-22-9-3-1-4-10-22)27(32)31(26)21-24-13-7-14-25(19-24)30-33/h7,13-14,19,22-23,29H,1-6,8-12,15-18,20-21H2/t28-/m0/s1. The number of amidine groups is 1. The highest BCUT2D eigenvalue weighted by molar-refractivity contribution is 6.00. The zero-order chi connectivity index (χ0) is 23.1. The maximum Gasteiger partial charge on any atom is 0.234 e. The van der Waals surface area contributed by atoms with Crippen molar-refractivity contribution >= 4 is 17.4 Å². The van der Waals surface area contributed by atoms with E-state index >= 15 is 0 Å². The molecular formula is C28H41N3O2. The molecule has 3 aliphatic rings. The van der Waals surface area contributed by atoms with Crippen molar-refractivity contribution in [2.75, 3.05) is 0 Å². The first-order valence-electron chi connectivity index (χ1n) is 13.4. The lowest BCUT2D eigenvalue weighted by atomic mass is 9.67. The predicted octanol–water partition coefficient (Wildman–Crippen LogP) is 7.89. The van der Waals surface area contributed by atoms with Gasteiger partial charge in [-0.2, -0.15) is 0 Å². The Morgan fingerprint density at radius 3 is 2.36 bits per heavy atom. The molecule has 180 valence electrons. The summed E-state index contributed by atoms with van der Waals surface area (Å²) in [5.74, 6) is 2.02. The number of nitroso groups, excluding NO2 is 1. The number of hydrogen-bond donors (Lipinski definition) is 1. The number of nitrogens with one attached hydrogen (secondary N) is 1. The lowest BCUT2D eigenvalue weighted by Crippen LogP contribution is -2.45. The zero-order valence-electron chi connectivity index (χ0n) is 20.2. The monoisotopic (exact) mass is 451 g/mol. The van der Waals surface area contributed by atoms with Crippen LogP contribution in [0.25, 0.3) is 0 Å². The van der Waals surface area contributed by atoms with Crippen molar-refractivity contribution in [3.63, 3.8) is 0 Å². The van der Waals surface area contributed by atoms with Crippen molar-refractivity contribution in [3.8, 4) is 0 Å². The summed E-state index contributed by atoms with van der Waals surface area (Å²) >= 11 is 0. The third kappa shape index (κ3) is 6.10. The second kappa shape index (κ2) is 11.4. The third-order valence-corrected chi connectivity index (χ3v) is 8.61. The fourth-order valence-corrected chi connectivity index (χ4v) is 6.73. The smallest absolute Gasteiger partial charge is 0.234 e. The SMILES string of the molecule is N=C1CCC[C@](CCC2CCCCC2)(CC2CCCCC2)C(=O)N1Cc1cccc(N=O)c1. The second-order valence-corrected chi connectivity index (χ2v) is 11.0. The lowest BCUT2D eigenvalue weighted by Gasteiger charge is -2.39. The molecule has 4 rings (SSSR count). The number of carbonyl (C=O) groups is 1. The van der Waals surface area contributed by atoms with Gasteiger partial charge in [-0.1, -0.05) is 76.3 Å². The van der Waals surface area contributed by atoms with Crippen molar-refractivity contribution in [2.45, 2.75) is 109 Å². The van der Waals surface area contributed by atoms with Gasteiger partial charge in [-0.3, -0.25) is 15.1 Å². The first kappa shape index (κ1) is 24.1. The number of benzene rings is 1. The molecule has 1 aromatic carbocycles. The van der Waals surface area contributed by atoms with Crippen molar-refractivity contribution in [1.82, 2.24) is 4.90 Å². The van der Waals surface area contributed by atoms with Crippen LogP contribution in [0.3, 0.4) is 0 Å². The first-order valence-corrected chi connectivity index (χ1v) is 13.4. The van der Waals surface area contributed by atoms with Crippen molar-refractivity contribution < 1.29 is 4.79 Å². The molecule has 2 aliphatic carbocycles. The van der Waals surface area contributed by atoms with Gasteiger partial charge in [0.1, 0.15) is 11.5 Å². The number of carbonyl (C=O) groups excluding carboxylic acids is 1. The molecule has 1 heterocycles. The van der Waals surface area contributed by atoms with Gasteiger partial charge < -0.3 is 0 Å². The second-order valence-electron chi connectivity index (χ2n) is 11.0. The minimum atomic E-state index is -0.331. The highest BCUT2D eigenvalue weighted by atomic mass is 16.3. The molecule has 5 nitrogen and oxygen atoms in total. The zero-order valence-corrected chi connectivity index (χ0v) is 20.2. The largest absolute Gasteiger partial charge is 0.296 e. The number of rotatable bonds is 8. The van der Waals surface area contributed by atoms with E-state index in [4.69, 9.17) is 5.41 Å². The van der Waals surface area contributed by atoms with Crippen molar-refractivity contribution in [2.24, 2.45) is 22.4 Å². The highest BCUT2D eigenvalue weighted by Crippen LogP contribution is 2.46. The topological polar surface area (TPSA) is 73.6 Å². The van der Waals surface area contributed by atoms with Crippen LogP contribution in [-0.2, 0) is 11.3 Å². The Morgan fingerprint density at radius 1 is 0.970 bits per heavy atom. The molecule has 5 heteroatoms. The van der Waals surface area contributed by atoms with E-state index in [1.807, 2.05) is 12.1 Å². The molecule has 0 bridgehead atoms. The van der Waals surface area contributed by atoms with Gasteiger partial charge in [-0.15, -0.1) is 4.91 Å². The van der Waals surface area contributed by atoms with Gasteiger partial charge in [0.25, 0.3) is 0 Å². The van der Waals surface area contributed by atoms with E-state index in [1.54, 1.807) is 17.0 Å². The fourth-order valence-electron chi connectivity index (χ4n) is 6.73. The van der Waals surface area contributed by atoms with Crippen molar-refractivity contribution in [1.29, 1.82) is 5.41 Å². The Kier molecular flexibility index (Phi) is 8.32. The van der Waals surface area contributed by atoms with Gasteiger partial charge in [-0.25, -0.2) is 0 Å². The van der Waals surface area contributed by atoms with Crippen LogP contribution < -0.4 is 0 Å². The summed E-state index contributed by atoms with van der Waals surface area (Å²) in [6.45, 7) is 0.372. The van der Waals surface area contributed by atoms with E-state index in [-0.39, 0.29) is 11.3 Å². The summed E-state index contributed by atoms with van der Waals surface area (Å²) in [6, 6.07) is 7.19. The Hall–Kier alpha value is -2.04. The molecule has 0 radical (unpaired) electrons. The number of nitrogens with zero attached hydrogens (tertiary/aromatic N) is 2. The average Bonchev–Trinajstić information content (AvgIpc) is 2.96. The molecule has 2 saturated carbocycles. The molecule has 1 aromatic rings. The summed E-state index contributed by atoms with van der Waals surface area (Å²) in [5.41, 5.74) is 0.931. The number of likely N-dealkylation sites (tertiary alicyclic amines) is 1. The summed E-state index contributed by atoms with van der Waals surface area (Å²) in [5, 5.41) is 11.8. The molecule has 1 saturated heterocycles. The molecule has 0 aromatic heterocycles. The molecule has 1 aliphatic heterocycles. The summed E-state index contributed by atoms with van der Waals surface area (Å²) in [7, 11) is 0. The minimum absolute atomic E-state index is 0.177. The van der Waals surface area contributed by atoms with Crippen LogP contribution in [0.1, 0.15) is 108 Å². The predicted molar refractivity (Wildman–Crippen MR) is 133 cm³/mol. The Bertz CT molecular complexity index is 826. The van der Waals surface area contributed by atoms with E-state index in [0.717, 1.165) is 43.6 Å². The molecule has 1 N–H and O–H groups in total. The Balaban J connectivity index is 1.58. The average molecular weight is 452 g/mol. The van der Waals surface area contributed by atoms with E-state index in [9.17, 15) is 9.70 Å². The number of hydrogen-bond acceptors (Lipinski definition) is 4. The van der Waals surface area contributed by atoms with Gasteiger partial charge in [0, 0.05) is 6.42 Å². The quantitative estimate of drug-likeness (QED) is 0.408. The third-order valence-electron chi connectivity index (χ3n) is 8.61. The molecule has 3 fully saturated rings. The lowest BCUT2D eigenvalue weighted by molar-refractivity contribution is -0.140. The van der Waals surface area contributed by atoms with Gasteiger partial charge in [0.15, 0.2) is 0 Å². The van der Waals surface area contributed by atoms with Gasteiger partial charge in [0.05, 0.1) is 12.0 Å². The van der Waals surface area contributed by atoms with Gasteiger partial charge in [-0.05, 0) is 66.8 Å². The van der Waals surface area contributed by atoms with Crippen LogP contribution in [-0.4, -0.2) is 16.6 Å². The molecule has 1 atom stereocenters. The molecular weight excluding hydrogens is 410 g/mol. The van der Waals surface area contributed by atoms with Crippen LogP contribution in [0.15, 0.2) is 29.4 Å². The normalized spacial score (nSPS) is 25.8. The summed E-state index contributed by atoms with van der Waals surface area (Å²) in [6.07, 6.45) is 18.7. The fraction of sp³-hybridized carbons (Fsp3) is 0.714. The summed E-state index contributed by atoms with van der Waals surface area (Å²) < 4.78 is 0. The molecule has 0 spiro atoms. The Morgan fingerprint density at radius 2 is 1.67 bits per heavy atom. The first-order chi connectivity index (χ1) is 16.1. The van der Waals surface area contributed by atoms with Crippen LogP contribution in [0.5, 0.6) is 0 Å².